The summed E-state index contributed by atoms with van der Waals surface area (Å²) in [5.41, 5.74) is 8.23. The normalized spacial score (nSPS) is 18.1. The highest BCUT2D eigenvalue weighted by Crippen LogP contribution is 2.38. The first-order valence-corrected chi connectivity index (χ1v) is 18.9. The SMILES string of the molecule is COc1cc(-c2cn(C)c(=O)c3[nH]ncc23)cc(Cl)c1CN1CCc2c(CC3CCN(c4ccc(NC5CCC(=O)NC5=O)cc4F)CC3)cccc2C1. The second kappa shape index (κ2) is 14.9. The Morgan fingerprint density at radius 2 is 1.87 bits per heavy atom. The number of nitrogens with one attached hydrogen (secondary N) is 3. The number of anilines is 2. The summed E-state index contributed by atoms with van der Waals surface area (Å²) in [6, 6.07) is 15.1. The number of aromatic amines is 1. The van der Waals surface area contributed by atoms with Gasteiger partial charge in [0.05, 0.1) is 19.0 Å². The van der Waals surface area contributed by atoms with Crippen LogP contribution < -0.4 is 25.8 Å². The number of fused-ring (bicyclic) bond motifs is 2. The van der Waals surface area contributed by atoms with Crippen LogP contribution in [0.4, 0.5) is 15.8 Å². The topological polar surface area (TPSA) is 125 Å². The van der Waals surface area contributed by atoms with Gasteiger partial charge in [-0.3, -0.25) is 29.7 Å². The number of rotatable bonds is 9. The number of piperidine rings is 2. The number of methoxy groups -OCH3 is 1. The van der Waals surface area contributed by atoms with E-state index >= 15 is 4.39 Å². The summed E-state index contributed by atoms with van der Waals surface area (Å²) in [5, 5.41) is 13.7. The maximum Gasteiger partial charge on any atom is 0.276 e. The second-order valence-electron chi connectivity index (χ2n) is 14.7. The monoisotopic (exact) mass is 751 g/mol. The van der Waals surface area contributed by atoms with Crippen molar-refractivity contribution in [3.63, 3.8) is 0 Å². The quantitative estimate of drug-likeness (QED) is 0.158. The fourth-order valence-corrected chi connectivity index (χ4v) is 8.63. The van der Waals surface area contributed by atoms with Crippen molar-refractivity contribution in [2.75, 3.05) is 37.0 Å². The van der Waals surface area contributed by atoms with Crippen LogP contribution >= 0.6 is 11.6 Å². The van der Waals surface area contributed by atoms with Gasteiger partial charge in [-0.2, -0.15) is 5.10 Å². The number of aromatic nitrogens is 3. The molecule has 5 aromatic rings. The third-order valence-corrected chi connectivity index (χ3v) is 11.6. The van der Waals surface area contributed by atoms with Gasteiger partial charge in [-0.1, -0.05) is 29.8 Å². The predicted molar refractivity (Wildman–Crippen MR) is 207 cm³/mol. The molecule has 1 atom stereocenters. The Kier molecular flexibility index (Phi) is 9.89. The molecular weight excluding hydrogens is 709 g/mol. The molecule has 3 N–H and O–H groups in total. The molecule has 280 valence electrons. The number of imide groups is 1. The van der Waals surface area contributed by atoms with Gasteiger partial charge in [0.2, 0.25) is 11.8 Å². The lowest BCUT2D eigenvalue weighted by Crippen LogP contribution is -2.47. The van der Waals surface area contributed by atoms with Crippen molar-refractivity contribution in [1.29, 1.82) is 0 Å². The van der Waals surface area contributed by atoms with Gasteiger partial charge in [-0.05, 0) is 90.6 Å². The number of ether oxygens (including phenoxy) is 1. The van der Waals surface area contributed by atoms with E-state index in [1.54, 1.807) is 43.3 Å². The first-order chi connectivity index (χ1) is 26.1. The highest BCUT2D eigenvalue weighted by Gasteiger charge is 2.28. The maximum atomic E-state index is 15.3. The predicted octanol–water partition coefficient (Wildman–Crippen LogP) is 5.96. The molecule has 8 rings (SSSR count). The number of pyridine rings is 1. The number of nitrogens with zero attached hydrogens (tertiary/aromatic N) is 4. The number of amides is 2. The average molecular weight is 752 g/mol. The van der Waals surface area contributed by atoms with E-state index in [2.05, 4.69) is 48.8 Å². The fourth-order valence-electron chi connectivity index (χ4n) is 8.36. The zero-order valence-corrected chi connectivity index (χ0v) is 31.1. The molecule has 0 bridgehead atoms. The van der Waals surface area contributed by atoms with Gasteiger partial charge >= 0.3 is 0 Å². The fraction of sp³-hybridized carbons (Fsp3) is 0.366. The Bertz CT molecular complexity index is 2320. The summed E-state index contributed by atoms with van der Waals surface area (Å²) < 4.78 is 22.7. The molecule has 13 heteroatoms. The third kappa shape index (κ3) is 7.07. The number of H-pyrrole nitrogens is 1. The molecule has 0 aliphatic carbocycles. The number of carbonyl (C=O) groups excluding carboxylic acids is 2. The summed E-state index contributed by atoms with van der Waals surface area (Å²) in [6.07, 6.45) is 8.03. The highest BCUT2D eigenvalue weighted by atomic mass is 35.5. The van der Waals surface area contributed by atoms with Crippen molar-refractivity contribution in [3.05, 3.63) is 104 Å². The number of hydrogen-bond acceptors (Lipinski definition) is 8. The molecule has 2 saturated heterocycles. The van der Waals surface area contributed by atoms with Crippen LogP contribution in [0.2, 0.25) is 5.02 Å². The molecule has 2 fully saturated rings. The van der Waals surface area contributed by atoms with Gasteiger partial charge < -0.3 is 19.5 Å². The Labute approximate surface area is 317 Å². The zero-order chi connectivity index (χ0) is 37.5. The molecule has 3 aliphatic heterocycles. The van der Waals surface area contributed by atoms with Crippen molar-refractivity contribution in [1.82, 2.24) is 25.0 Å². The molecule has 1 unspecified atom stereocenters. The minimum atomic E-state index is -0.550. The van der Waals surface area contributed by atoms with Crippen molar-refractivity contribution in [2.45, 2.75) is 57.7 Å². The zero-order valence-electron chi connectivity index (χ0n) is 30.4. The summed E-state index contributed by atoms with van der Waals surface area (Å²) in [7, 11) is 3.38. The molecule has 0 saturated carbocycles. The van der Waals surface area contributed by atoms with Gasteiger partial charge in [0.1, 0.15) is 23.1 Å². The second-order valence-corrected chi connectivity index (χ2v) is 15.1. The molecule has 0 spiro atoms. The van der Waals surface area contributed by atoms with E-state index in [0.29, 0.717) is 46.5 Å². The Morgan fingerprint density at radius 1 is 1.04 bits per heavy atom. The van der Waals surface area contributed by atoms with Gasteiger partial charge in [0.15, 0.2) is 0 Å². The van der Waals surface area contributed by atoms with Crippen LogP contribution in [0.5, 0.6) is 5.75 Å². The molecule has 2 amide bonds. The van der Waals surface area contributed by atoms with Crippen LogP contribution in [-0.4, -0.2) is 64.3 Å². The number of carbonyl (C=O) groups is 2. The van der Waals surface area contributed by atoms with E-state index in [1.807, 2.05) is 12.1 Å². The van der Waals surface area contributed by atoms with Gasteiger partial charge in [-0.15, -0.1) is 0 Å². The molecule has 3 aromatic carbocycles. The van der Waals surface area contributed by atoms with Crippen molar-refractivity contribution in [3.8, 4) is 16.9 Å². The molecule has 0 radical (unpaired) electrons. The number of hydrogen-bond donors (Lipinski definition) is 3. The average Bonchev–Trinajstić information content (AvgIpc) is 3.66. The van der Waals surface area contributed by atoms with E-state index in [0.717, 1.165) is 73.9 Å². The Hall–Kier alpha value is -5.20. The van der Waals surface area contributed by atoms with Crippen molar-refractivity contribution < 1.29 is 18.7 Å². The van der Waals surface area contributed by atoms with Crippen LogP contribution in [0, 0.1) is 11.7 Å². The molecule has 54 heavy (non-hydrogen) atoms. The largest absolute Gasteiger partial charge is 0.496 e. The third-order valence-electron chi connectivity index (χ3n) is 11.3. The number of halogens is 2. The summed E-state index contributed by atoms with van der Waals surface area (Å²) in [6.45, 7) is 3.91. The summed E-state index contributed by atoms with van der Waals surface area (Å²) in [4.78, 5) is 40.7. The molecule has 3 aliphatic rings. The Morgan fingerprint density at radius 3 is 2.65 bits per heavy atom. The summed E-state index contributed by atoms with van der Waals surface area (Å²) in [5.74, 6) is 0.247. The van der Waals surface area contributed by atoms with E-state index < -0.39 is 6.04 Å². The minimum absolute atomic E-state index is 0.140. The lowest BCUT2D eigenvalue weighted by molar-refractivity contribution is -0.133. The maximum absolute atomic E-state index is 15.3. The van der Waals surface area contributed by atoms with Gasteiger partial charge in [0, 0.05) is 79.6 Å². The van der Waals surface area contributed by atoms with Crippen LogP contribution in [0.25, 0.3) is 22.0 Å². The minimum Gasteiger partial charge on any atom is -0.496 e. The van der Waals surface area contributed by atoms with Crippen molar-refractivity contribution >= 4 is 45.7 Å². The van der Waals surface area contributed by atoms with Gasteiger partial charge in [-0.25, -0.2) is 4.39 Å². The molecule has 5 heterocycles. The summed E-state index contributed by atoms with van der Waals surface area (Å²) >= 11 is 6.97. The van der Waals surface area contributed by atoms with Crippen molar-refractivity contribution in [2.24, 2.45) is 13.0 Å². The van der Waals surface area contributed by atoms with Crippen LogP contribution in [-0.2, 0) is 42.6 Å². The van der Waals surface area contributed by atoms with Gasteiger partial charge in [0.25, 0.3) is 5.56 Å². The van der Waals surface area contributed by atoms with E-state index in [4.69, 9.17) is 16.3 Å². The number of aryl methyl sites for hydroxylation is 1. The van der Waals surface area contributed by atoms with Crippen LogP contribution in [0.1, 0.15) is 47.9 Å². The van der Waals surface area contributed by atoms with E-state index in [9.17, 15) is 14.4 Å². The highest BCUT2D eigenvalue weighted by molar-refractivity contribution is 6.32. The smallest absolute Gasteiger partial charge is 0.276 e. The van der Waals surface area contributed by atoms with E-state index in [-0.39, 0.29) is 29.6 Å². The molecule has 11 nitrogen and oxygen atoms in total. The lowest BCUT2D eigenvalue weighted by atomic mass is 9.85. The van der Waals surface area contributed by atoms with Crippen LogP contribution in [0.3, 0.4) is 0 Å². The number of benzene rings is 3. The standard InChI is InChI=1S/C41H43ClFN7O4/c1-48-22-31(30-20-44-47-39(30)41(48)53)27-17-33(42)32(37(18-27)54-2)23-49-13-12-29-25(4-3-5-26(29)21-49)16-24-10-14-50(15-11-24)36-8-6-28(19-34(36)43)45-35-7-9-38(51)46-40(35)52/h3-6,8,17-20,22,24,35,45H,7,9-16,21,23H2,1-2H3,(H,44,47)(H,46,51,52). The lowest BCUT2D eigenvalue weighted by Gasteiger charge is -2.35. The molecule has 2 aromatic heterocycles. The van der Waals surface area contributed by atoms with E-state index in [1.165, 1.54) is 22.8 Å². The molecular formula is C41H43ClFN7O4. The first kappa shape index (κ1) is 35.8. The van der Waals surface area contributed by atoms with Crippen LogP contribution in [0.15, 0.2) is 65.7 Å². The first-order valence-electron chi connectivity index (χ1n) is 18.5. The Balaban J connectivity index is 0.898.